The molecule has 3 nitrogen and oxygen atoms in total. The van der Waals surface area contributed by atoms with Gasteiger partial charge in [0.25, 0.3) is 0 Å². The Hall–Kier alpha value is -1.16. The van der Waals surface area contributed by atoms with Gasteiger partial charge >= 0.3 is 0 Å². The molecule has 1 heterocycles. The fourth-order valence-corrected chi connectivity index (χ4v) is 1.52. The van der Waals surface area contributed by atoms with Crippen LogP contribution in [0.2, 0.25) is 0 Å². The standard InChI is InChI=1S/C12H15NO2/c1-2-7-13-12-14-8-10-5-3-4-6-11(10)9-15-12/h2-6,12-13H,1,7-9H2. The molecule has 0 amide bonds. The van der Waals surface area contributed by atoms with Crippen molar-refractivity contribution in [2.24, 2.45) is 0 Å². The number of ether oxygens (including phenoxy) is 2. The number of hydrogen-bond acceptors (Lipinski definition) is 3. The molecule has 0 aromatic heterocycles. The lowest BCUT2D eigenvalue weighted by Crippen LogP contribution is -2.33. The molecule has 0 saturated heterocycles. The average molecular weight is 205 g/mol. The van der Waals surface area contributed by atoms with Gasteiger partial charge in [0.2, 0.25) is 6.41 Å². The van der Waals surface area contributed by atoms with Gasteiger partial charge in [-0.15, -0.1) is 6.58 Å². The third-order valence-electron chi connectivity index (χ3n) is 2.33. The minimum absolute atomic E-state index is 0.338. The van der Waals surface area contributed by atoms with E-state index in [-0.39, 0.29) is 6.41 Å². The highest BCUT2D eigenvalue weighted by molar-refractivity contribution is 5.26. The number of hydrogen-bond donors (Lipinski definition) is 1. The first-order valence-corrected chi connectivity index (χ1v) is 5.04. The van der Waals surface area contributed by atoms with E-state index in [1.165, 1.54) is 11.1 Å². The Bertz CT molecular complexity index is 311. The largest absolute Gasteiger partial charge is 0.335 e. The Balaban J connectivity index is 1.99. The zero-order valence-electron chi connectivity index (χ0n) is 8.61. The molecule has 1 aromatic rings. The first-order valence-electron chi connectivity index (χ1n) is 5.04. The van der Waals surface area contributed by atoms with E-state index < -0.39 is 0 Å². The van der Waals surface area contributed by atoms with Crippen molar-refractivity contribution in [2.45, 2.75) is 19.6 Å². The second kappa shape index (κ2) is 5.07. The topological polar surface area (TPSA) is 30.5 Å². The van der Waals surface area contributed by atoms with E-state index in [1.54, 1.807) is 6.08 Å². The molecule has 0 radical (unpaired) electrons. The van der Waals surface area contributed by atoms with Gasteiger partial charge in [0.15, 0.2) is 0 Å². The molecule has 0 atom stereocenters. The Labute approximate surface area is 89.7 Å². The maximum atomic E-state index is 5.55. The Morgan fingerprint density at radius 3 is 2.40 bits per heavy atom. The third kappa shape index (κ3) is 2.65. The Morgan fingerprint density at radius 1 is 1.27 bits per heavy atom. The molecule has 1 aliphatic rings. The van der Waals surface area contributed by atoms with Crippen molar-refractivity contribution in [1.82, 2.24) is 5.32 Å². The summed E-state index contributed by atoms with van der Waals surface area (Å²) in [6.07, 6.45) is 1.44. The van der Waals surface area contributed by atoms with Gasteiger partial charge in [0.05, 0.1) is 13.2 Å². The molecule has 0 aliphatic carbocycles. The van der Waals surface area contributed by atoms with Crippen molar-refractivity contribution < 1.29 is 9.47 Å². The van der Waals surface area contributed by atoms with Crippen molar-refractivity contribution in [3.8, 4) is 0 Å². The first kappa shape index (κ1) is 10.4. The van der Waals surface area contributed by atoms with Crippen LogP contribution in [-0.4, -0.2) is 13.0 Å². The van der Waals surface area contributed by atoms with Crippen LogP contribution >= 0.6 is 0 Å². The molecule has 1 aliphatic heterocycles. The summed E-state index contributed by atoms with van der Waals surface area (Å²) in [5, 5.41) is 3.08. The quantitative estimate of drug-likeness (QED) is 0.763. The van der Waals surface area contributed by atoms with Gasteiger partial charge in [-0.2, -0.15) is 0 Å². The van der Waals surface area contributed by atoms with E-state index in [0.717, 1.165) is 0 Å². The predicted molar refractivity (Wildman–Crippen MR) is 58.0 cm³/mol. The molecular formula is C12H15NO2. The Morgan fingerprint density at radius 2 is 1.87 bits per heavy atom. The zero-order valence-corrected chi connectivity index (χ0v) is 8.61. The van der Waals surface area contributed by atoms with Crippen LogP contribution in [0.1, 0.15) is 11.1 Å². The van der Waals surface area contributed by atoms with Crippen LogP contribution in [-0.2, 0) is 22.7 Å². The van der Waals surface area contributed by atoms with Crippen molar-refractivity contribution >= 4 is 0 Å². The molecule has 0 saturated carbocycles. The molecule has 2 rings (SSSR count). The summed E-state index contributed by atoms with van der Waals surface area (Å²) in [5.74, 6) is 0. The highest BCUT2D eigenvalue weighted by atomic mass is 16.7. The minimum atomic E-state index is -0.338. The Kier molecular flexibility index (Phi) is 3.50. The van der Waals surface area contributed by atoms with Crippen molar-refractivity contribution in [3.05, 3.63) is 48.0 Å². The molecule has 0 bridgehead atoms. The maximum absolute atomic E-state index is 5.55. The van der Waals surface area contributed by atoms with Gasteiger partial charge in [0, 0.05) is 6.54 Å². The minimum Gasteiger partial charge on any atom is -0.335 e. The van der Waals surface area contributed by atoms with Crippen LogP contribution in [0.25, 0.3) is 0 Å². The summed E-state index contributed by atoms with van der Waals surface area (Å²) < 4.78 is 11.1. The average Bonchev–Trinajstić information content (AvgIpc) is 2.49. The molecule has 0 fully saturated rings. The summed E-state index contributed by atoms with van der Waals surface area (Å²) >= 11 is 0. The van der Waals surface area contributed by atoms with Crippen molar-refractivity contribution in [2.75, 3.05) is 6.54 Å². The van der Waals surface area contributed by atoms with Gasteiger partial charge in [-0.25, -0.2) is 0 Å². The van der Waals surface area contributed by atoms with Crippen molar-refractivity contribution in [1.29, 1.82) is 0 Å². The SMILES string of the molecule is C=CCNC1OCc2ccccc2CO1. The highest BCUT2D eigenvalue weighted by Crippen LogP contribution is 2.16. The maximum Gasteiger partial charge on any atom is 0.216 e. The third-order valence-corrected chi connectivity index (χ3v) is 2.33. The van der Waals surface area contributed by atoms with E-state index in [2.05, 4.69) is 24.0 Å². The van der Waals surface area contributed by atoms with Crippen LogP contribution in [0.15, 0.2) is 36.9 Å². The molecule has 0 unspecified atom stereocenters. The van der Waals surface area contributed by atoms with E-state index in [1.807, 2.05) is 12.1 Å². The van der Waals surface area contributed by atoms with E-state index >= 15 is 0 Å². The lowest BCUT2D eigenvalue weighted by Gasteiger charge is -2.15. The summed E-state index contributed by atoms with van der Waals surface area (Å²) in [6, 6.07) is 8.16. The van der Waals surface area contributed by atoms with E-state index in [9.17, 15) is 0 Å². The van der Waals surface area contributed by atoms with Crippen molar-refractivity contribution in [3.63, 3.8) is 0 Å². The van der Waals surface area contributed by atoms with Gasteiger partial charge in [-0.3, -0.25) is 5.32 Å². The number of rotatable bonds is 3. The van der Waals surface area contributed by atoms with Crippen LogP contribution in [0.5, 0.6) is 0 Å². The van der Waals surface area contributed by atoms with E-state index in [4.69, 9.17) is 9.47 Å². The number of nitrogens with one attached hydrogen (secondary N) is 1. The van der Waals surface area contributed by atoms with Crippen LogP contribution < -0.4 is 5.32 Å². The van der Waals surface area contributed by atoms with Crippen LogP contribution in [0.3, 0.4) is 0 Å². The molecule has 0 spiro atoms. The van der Waals surface area contributed by atoms with Gasteiger partial charge in [-0.05, 0) is 11.1 Å². The monoisotopic (exact) mass is 205 g/mol. The highest BCUT2D eigenvalue weighted by Gasteiger charge is 2.14. The number of fused-ring (bicyclic) bond motifs is 1. The summed E-state index contributed by atoms with van der Waals surface area (Å²) in [6.45, 7) is 5.49. The second-order valence-electron chi connectivity index (χ2n) is 3.42. The summed E-state index contributed by atoms with van der Waals surface area (Å²) in [5.41, 5.74) is 2.39. The van der Waals surface area contributed by atoms with Gasteiger partial charge < -0.3 is 9.47 Å². The number of benzene rings is 1. The molecule has 1 aromatic carbocycles. The van der Waals surface area contributed by atoms with E-state index in [0.29, 0.717) is 19.8 Å². The normalized spacial score (nSPS) is 16.8. The molecule has 3 heteroatoms. The second-order valence-corrected chi connectivity index (χ2v) is 3.42. The summed E-state index contributed by atoms with van der Waals surface area (Å²) in [4.78, 5) is 0. The predicted octanol–water partition coefficient (Wildman–Crippen LogP) is 1.79. The van der Waals surface area contributed by atoms with Crippen LogP contribution in [0, 0.1) is 0 Å². The lowest BCUT2D eigenvalue weighted by molar-refractivity contribution is -0.165. The fourth-order valence-electron chi connectivity index (χ4n) is 1.52. The van der Waals surface area contributed by atoms with Gasteiger partial charge in [0.1, 0.15) is 0 Å². The smallest absolute Gasteiger partial charge is 0.216 e. The molecule has 80 valence electrons. The molecular weight excluding hydrogens is 190 g/mol. The van der Waals surface area contributed by atoms with Crippen LogP contribution in [0.4, 0.5) is 0 Å². The van der Waals surface area contributed by atoms with Gasteiger partial charge in [-0.1, -0.05) is 30.3 Å². The summed E-state index contributed by atoms with van der Waals surface area (Å²) in [7, 11) is 0. The molecule has 1 N–H and O–H groups in total. The molecule has 15 heavy (non-hydrogen) atoms. The first-order chi connectivity index (χ1) is 7.40. The fraction of sp³-hybridized carbons (Fsp3) is 0.333. The zero-order chi connectivity index (χ0) is 10.5. The lowest BCUT2D eigenvalue weighted by atomic mass is 10.1.